The van der Waals surface area contributed by atoms with Crippen LogP contribution in [0.5, 0.6) is 0 Å². The highest BCUT2D eigenvalue weighted by molar-refractivity contribution is 5.86. The Balaban J connectivity index is 1.73. The van der Waals surface area contributed by atoms with Crippen molar-refractivity contribution in [3.05, 3.63) is 29.3 Å². The van der Waals surface area contributed by atoms with E-state index in [1.165, 1.54) is 16.8 Å². The molecule has 0 spiro atoms. The van der Waals surface area contributed by atoms with Crippen LogP contribution in [0.1, 0.15) is 18.1 Å². The first kappa shape index (κ1) is 19.1. The van der Waals surface area contributed by atoms with Crippen LogP contribution in [0.4, 0.5) is 10.5 Å². The molecule has 1 atom stereocenters. The van der Waals surface area contributed by atoms with Gasteiger partial charge in [-0.3, -0.25) is 9.69 Å². The number of carbonyl (C=O) groups excluding carboxylic acids is 2. The molecule has 1 aliphatic rings. The number of carbonyl (C=O) groups is 2. The van der Waals surface area contributed by atoms with Crippen LogP contribution in [0.3, 0.4) is 0 Å². The second kappa shape index (κ2) is 8.71. The molecule has 1 fully saturated rings. The molecule has 2 rings (SSSR count). The van der Waals surface area contributed by atoms with Crippen LogP contribution >= 0.6 is 0 Å². The first-order valence-corrected chi connectivity index (χ1v) is 8.75. The van der Waals surface area contributed by atoms with Crippen molar-refractivity contribution in [3.63, 3.8) is 0 Å². The molecule has 1 aromatic carbocycles. The van der Waals surface area contributed by atoms with Crippen LogP contribution in [0.15, 0.2) is 18.2 Å². The van der Waals surface area contributed by atoms with Crippen LogP contribution in [0, 0.1) is 13.8 Å². The minimum absolute atomic E-state index is 0.215. The summed E-state index contributed by atoms with van der Waals surface area (Å²) in [6.45, 7) is 11.2. The number of aryl methyl sites for hydroxylation is 1. The number of hydrogen-bond donors (Lipinski definition) is 3. The summed E-state index contributed by atoms with van der Waals surface area (Å²) in [5.74, 6) is -0.215. The Hall–Kier alpha value is -2.28. The van der Waals surface area contributed by atoms with E-state index in [1.807, 2.05) is 0 Å². The summed E-state index contributed by atoms with van der Waals surface area (Å²) in [6, 6.07) is 5.14. The van der Waals surface area contributed by atoms with Crippen molar-refractivity contribution in [1.29, 1.82) is 0 Å². The summed E-state index contributed by atoms with van der Waals surface area (Å²) >= 11 is 0. The van der Waals surface area contributed by atoms with E-state index in [1.54, 1.807) is 6.92 Å². The van der Waals surface area contributed by atoms with Crippen molar-refractivity contribution in [3.8, 4) is 0 Å². The summed E-state index contributed by atoms with van der Waals surface area (Å²) < 4.78 is 0. The summed E-state index contributed by atoms with van der Waals surface area (Å²) in [4.78, 5) is 27.3. The lowest BCUT2D eigenvalue weighted by Gasteiger charge is -2.37. The Morgan fingerprint density at radius 1 is 1.20 bits per heavy atom. The van der Waals surface area contributed by atoms with E-state index in [-0.39, 0.29) is 5.91 Å². The lowest BCUT2D eigenvalue weighted by Crippen LogP contribution is -2.51. The number of rotatable bonds is 6. The van der Waals surface area contributed by atoms with Crippen molar-refractivity contribution < 1.29 is 9.59 Å². The molecule has 4 N–H and O–H groups in total. The highest BCUT2D eigenvalue weighted by Crippen LogP contribution is 2.23. The molecule has 1 heterocycles. The first-order chi connectivity index (χ1) is 11.9. The highest BCUT2D eigenvalue weighted by atomic mass is 16.2. The van der Waals surface area contributed by atoms with Gasteiger partial charge in [0.2, 0.25) is 5.91 Å². The van der Waals surface area contributed by atoms with Gasteiger partial charge in [0.1, 0.15) is 6.04 Å². The van der Waals surface area contributed by atoms with Gasteiger partial charge >= 0.3 is 6.03 Å². The Morgan fingerprint density at radius 3 is 2.52 bits per heavy atom. The number of nitrogens with one attached hydrogen (secondary N) is 2. The Bertz CT molecular complexity index is 611. The molecule has 0 aliphatic carbocycles. The van der Waals surface area contributed by atoms with Crippen molar-refractivity contribution >= 4 is 17.6 Å². The van der Waals surface area contributed by atoms with Crippen molar-refractivity contribution in [2.24, 2.45) is 5.73 Å². The Morgan fingerprint density at radius 2 is 1.88 bits per heavy atom. The molecule has 0 aromatic heterocycles. The van der Waals surface area contributed by atoms with Crippen molar-refractivity contribution in [1.82, 2.24) is 15.5 Å². The first-order valence-electron chi connectivity index (χ1n) is 8.75. The molecule has 1 aromatic rings. The molecular weight excluding hydrogens is 318 g/mol. The molecule has 138 valence electrons. The molecule has 7 nitrogen and oxygen atoms in total. The van der Waals surface area contributed by atoms with E-state index < -0.39 is 12.1 Å². The maximum Gasteiger partial charge on any atom is 0.312 e. The lowest BCUT2D eigenvalue weighted by atomic mass is 10.1. The van der Waals surface area contributed by atoms with Gasteiger partial charge in [0.05, 0.1) is 0 Å². The van der Waals surface area contributed by atoms with Gasteiger partial charge in [-0.15, -0.1) is 0 Å². The SMILES string of the molecule is Cc1cccc(N2CCN(CCNC(=O)[C@@H](C)NC(N)=O)CC2)c1C. The molecule has 1 aliphatic heterocycles. The number of nitrogens with zero attached hydrogens (tertiary/aromatic N) is 2. The fourth-order valence-electron chi connectivity index (χ4n) is 3.06. The lowest BCUT2D eigenvalue weighted by molar-refractivity contribution is -0.122. The van der Waals surface area contributed by atoms with Crippen LogP contribution < -0.4 is 21.3 Å². The van der Waals surface area contributed by atoms with Gasteiger partial charge in [0.15, 0.2) is 0 Å². The molecule has 25 heavy (non-hydrogen) atoms. The summed E-state index contributed by atoms with van der Waals surface area (Å²) in [6.07, 6.45) is 0. The van der Waals surface area contributed by atoms with E-state index >= 15 is 0 Å². The molecule has 0 radical (unpaired) electrons. The van der Waals surface area contributed by atoms with Crippen LogP contribution in [-0.2, 0) is 4.79 Å². The molecule has 1 saturated heterocycles. The third-order valence-corrected chi connectivity index (χ3v) is 4.77. The minimum Gasteiger partial charge on any atom is -0.369 e. The van der Waals surface area contributed by atoms with E-state index in [2.05, 4.69) is 52.5 Å². The summed E-state index contributed by atoms with van der Waals surface area (Å²) in [7, 11) is 0. The predicted octanol–water partition coefficient (Wildman–Crippen LogP) is 0.598. The highest BCUT2D eigenvalue weighted by Gasteiger charge is 2.19. The van der Waals surface area contributed by atoms with E-state index in [9.17, 15) is 9.59 Å². The van der Waals surface area contributed by atoms with E-state index in [0.29, 0.717) is 6.54 Å². The summed E-state index contributed by atoms with van der Waals surface area (Å²) in [5.41, 5.74) is 9.00. The quantitative estimate of drug-likeness (QED) is 0.703. The number of urea groups is 1. The van der Waals surface area contributed by atoms with Crippen molar-refractivity contribution in [2.75, 3.05) is 44.2 Å². The number of hydrogen-bond acceptors (Lipinski definition) is 4. The molecule has 0 saturated carbocycles. The topological polar surface area (TPSA) is 90.7 Å². The van der Waals surface area contributed by atoms with E-state index in [4.69, 9.17) is 5.73 Å². The zero-order valence-electron chi connectivity index (χ0n) is 15.3. The average molecular weight is 347 g/mol. The maximum absolute atomic E-state index is 11.8. The van der Waals surface area contributed by atoms with Crippen LogP contribution in [-0.4, -0.2) is 62.1 Å². The fraction of sp³-hybridized carbons (Fsp3) is 0.556. The number of amides is 3. The zero-order chi connectivity index (χ0) is 18.4. The molecule has 0 unspecified atom stereocenters. The number of anilines is 1. The smallest absolute Gasteiger partial charge is 0.312 e. The van der Waals surface area contributed by atoms with Gasteiger partial charge in [-0.05, 0) is 38.0 Å². The normalized spacial score (nSPS) is 16.4. The van der Waals surface area contributed by atoms with Gasteiger partial charge in [-0.2, -0.15) is 0 Å². The number of nitrogens with two attached hydrogens (primary N) is 1. The van der Waals surface area contributed by atoms with Crippen molar-refractivity contribution in [2.45, 2.75) is 26.8 Å². The van der Waals surface area contributed by atoms with E-state index in [0.717, 1.165) is 32.7 Å². The second-order valence-electron chi connectivity index (χ2n) is 6.57. The standard InChI is InChI=1S/C18H29N5O2/c1-13-5-4-6-16(14(13)2)23-11-9-22(10-12-23)8-7-20-17(24)15(3)21-18(19)25/h4-6,15H,7-12H2,1-3H3,(H,20,24)(H3,19,21,25)/t15-/m1/s1. The van der Waals surface area contributed by atoms with Gasteiger partial charge in [-0.1, -0.05) is 12.1 Å². The van der Waals surface area contributed by atoms with Gasteiger partial charge < -0.3 is 21.3 Å². The molecule has 3 amide bonds. The number of primary amides is 1. The zero-order valence-corrected chi connectivity index (χ0v) is 15.3. The Labute approximate surface area is 149 Å². The average Bonchev–Trinajstić information content (AvgIpc) is 2.57. The van der Waals surface area contributed by atoms with Gasteiger partial charge in [-0.25, -0.2) is 4.79 Å². The van der Waals surface area contributed by atoms with Gasteiger partial charge in [0, 0.05) is 45.0 Å². The second-order valence-corrected chi connectivity index (χ2v) is 6.57. The minimum atomic E-state index is -0.690. The molecule has 7 heteroatoms. The largest absolute Gasteiger partial charge is 0.369 e. The fourth-order valence-corrected chi connectivity index (χ4v) is 3.06. The maximum atomic E-state index is 11.8. The van der Waals surface area contributed by atoms with Gasteiger partial charge in [0.25, 0.3) is 0 Å². The third kappa shape index (κ3) is 5.35. The predicted molar refractivity (Wildman–Crippen MR) is 99.8 cm³/mol. The summed E-state index contributed by atoms with van der Waals surface area (Å²) in [5, 5.41) is 5.20. The Kier molecular flexibility index (Phi) is 6.64. The monoisotopic (exact) mass is 347 g/mol. The molecular formula is C18H29N5O2. The third-order valence-electron chi connectivity index (χ3n) is 4.77. The van der Waals surface area contributed by atoms with Crippen LogP contribution in [0.2, 0.25) is 0 Å². The molecule has 0 bridgehead atoms. The van der Waals surface area contributed by atoms with Crippen LogP contribution in [0.25, 0.3) is 0 Å². The number of benzene rings is 1. The number of piperazine rings is 1.